The Labute approximate surface area is 72.0 Å². The third-order valence-corrected chi connectivity index (χ3v) is 1.89. The highest BCUT2D eigenvalue weighted by molar-refractivity contribution is 5.78. The summed E-state index contributed by atoms with van der Waals surface area (Å²) in [5.74, 6) is -1.11. The van der Waals surface area contributed by atoms with E-state index in [9.17, 15) is 9.90 Å². The number of hydrogen-bond acceptors (Lipinski definition) is 3. The third-order valence-electron chi connectivity index (χ3n) is 1.89. The fourth-order valence-electron chi connectivity index (χ4n) is 1.43. The van der Waals surface area contributed by atoms with Crippen LogP contribution in [0.5, 0.6) is 0 Å². The SMILES string of the molecule is CC1(C)C/C(=C/C(=O)[O-])CCO1. The number of hydrogen-bond donors (Lipinski definition) is 0. The van der Waals surface area contributed by atoms with Gasteiger partial charge in [0.1, 0.15) is 0 Å². The molecule has 1 rings (SSSR count). The molecule has 1 aliphatic heterocycles. The van der Waals surface area contributed by atoms with Crippen LogP contribution in [0.4, 0.5) is 0 Å². The second-order valence-electron chi connectivity index (χ2n) is 3.66. The molecule has 0 aliphatic carbocycles. The zero-order valence-corrected chi connectivity index (χ0v) is 7.42. The van der Waals surface area contributed by atoms with Crippen LogP contribution in [0, 0.1) is 0 Å². The summed E-state index contributed by atoms with van der Waals surface area (Å²) in [5, 5.41) is 10.3. The van der Waals surface area contributed by atoms with E-state index < -0.39 is 5.97 Å². The Hall–Kier alpha value is -0.830. The molecule has 0 saturated carbocycles. The number of aliphatic carboxylic acids is 1. The monoisotopic (exact) mass is 169 g/mol. The van der Waals surface area contributed by atoms with E-state index in [4.69, 9.17) is 4.74 Å². The third kappa shape index (κ3) is 2.66. The van der Waals surface area contributed by atoms with E-state index in [0.29, 0.717) is 19.4 Å². The van der Waals surface area contributed by atoms with Gasteiger partial charge in [-0.1, -0.05) is 5.57 Å². The summed E-state index contributed by atoms with van der Waals surface area (Å²) >= 11 is 0. The van der Waals surface area contributed by atoms with Crippen molar-refractivity contribution in [1.82, 2.24) is 0 Å². The fraction of sp³-hybridized carbons (Fsp3) is 0.667. The van der Waals surface area contributed by atoms with Gasteiger partial charge in [-0.3, -0.25) is 0 Å². The molecule has 0 radical (unpaired) electrons. The van der Waals surface area contributed by atoms with Gasteiger partial charge in [0.25, 0.3) is 0 Å². The second kappa shape index (κ2) is 3.27. The maximum absolute atomic E-state index is 10.3. The van der Waals surface area contributed by atoms with Crippen LogP contribution < -0.4 is 5.11 Å². The largest absolute Gasteiger partial charge is 0.545 e. The molecule has 0 N–H and O–H groups in total. The van der Waals surface area contributed by atoms with Crippen molar-refractivity contribution < 1.29 is 14.6 Å². The van der Waals surface area contributed by atoms with Gasteiger partial charge in [0.2, 0.25) is 0 Å². The number of carboxylic acids is 1. The molecule has 68 valence electrons. The maximum atomic E-state index is 10.3. The summed E-state index contributed by atoms with van der Waals surface area (Å²) in [4.78, 5) is 10.3. The van der Waals surface area contributed by atoms with E-state index >= 15 is 0 Å². The second-order valence-corrected chi connectivity index (χ2v) is 3.66. The van der Waals surface area contributed by atoms with E-state index in [1.54, 1.807) is 0 Å². The van der Waals surface area contributed by atoms with Crippen LogP contribution >= 0.6 is 0 Å². The van der Waals surface area contributed by atoms with Crippen molar-refractivity contribution in [2.45, 2.75) is 32.3 Å². The Bertz CT molecular complexity index is 216. The van der Waals surface area contributed by atoms with Crippen LogP contribution in [0.15, 0.2) is 11.6 Å². The first-order valence-electron chi connectivity index (χ1n) is 4.04. The van der Waals surface area contributed by atoms with Crippen molar-refractivity contribution in [3.63, 3.8) is 0 Å². The van der Waals surface area contributed by atoms with Gasteiger partial charge >= 0.3 is 0 Å². The lowest BCUT2D eigenvalue weighted by Crippen LogP contribution is -2.31. The van der Waals surface area contributed by atoms with E-state index in [-0.39, 0.29) is 5.60 Å². The van der Waals surface area contributed by atoms with Crippen LogP contribution in [0.3, 0.4) is 0 Å². The molecule has 1 aliphatic rings. The van der Waals surface area contributed by atoms with Crippen LogP contribution in [0.1, 0.15) is 26.7 Å². The Morgan fingerprint density at radius 3 is 2.83 bits per heavy atom. The van der Waals surface area contributed by atoms with Gasteiger partial charge in [-0.05, 0) is 32.8 Å². The topological polar surface area (TPSA) is 49.4 Å². The molecular weight excluding hydrogens is 156 g/mol. The minimum atomic E-state index is -1.11. The predicted molar refractivity (Wildman–Crippen MR) is 42.4 cm³/mol. The number of carboxylic acid groups (broad SMARTS) is 1. The Morgan fingerprint density at radius 1 is 1.67 bits per heavy atom. The van der Waals surface area contributed by atoms with Gasteiger partial charge in [-0.15, -0.1) is 0 Å². The van der Waals surface area contributed by atoms with Gasteiger partial charge in [-0.2, -0.15) is 0 Å². The lowest BCUT2D eigenvalue weighted by molar-refractivity contribution is -0.297. The summed E-state index contributed by atoms with van der Waals surface area (Å²) in [7, 11) is 0. The molecule has 12 heavy (non-hydrogen) atoms. The quantitative estimate of drug-likeness (QED) is 0.529. The van der Waals surface area contributed by atoms with E-state index in [1.165, 1.54) is 6.08 Å². The van der Waals surface area contributed by atoms with Crippen LogP contribution in [0.25, 0.3) is 0 Å². The molecule has 3 nitrogen and oxygen atoms in total. The minimum absolute atomic E-state index is 0.223. The summed E-state index contributed by atoms with van der Waals surface area (Å²) < 4.78 is 5.42. The summed E-state index contributed by atoms with van der Waals surface area (Å²) in [6, 6.07) is 0. The number of carbonyl (C=O) groups excluding carboxylic acids is 1. The normalized spacial score (nSPS) is 25.7. The van der Waals surface area contributed by atoms with Gasteiger partial charge in [0.15, 0.2) is 0 Å². The Morgan fingerprint density at radius 2 is 2.33 bits per heavy atom. The summed E-state index contributed by atoms with van der Waals surface area (Å²) in [6.07, 6.45) is 2.57. The highest BCUT2D eigenvalue weighted by atomic mass is 16.5. The average Bonchev–Trinajstić information content (AvgIpc) is 1.82. The van der Waals surface area contributed by atoms with Crippen molar-refractivity contribution in [3.05, 3.63) is 11.6 Å². The number of ether oxygens (including phenoxy) is 1. The zero-order chi connectivity index (χ0) is 9.19. The molecule has 0 aromatic carbocycles. The van der Waals surface area contributed by atoms with Crippen molar-refractivity contribution in [3.8, 4) is 0 Å². The molecule has 0 spiro atoms. The molecule has 0 aromatic heterocycles. The Balaban J connectivity index is 2.64. The van der Waals surface area contributed by atoms with E-state index in [1.807, 2.05) is 13.8 Å². The predicted octanol–water partition coefficient (Wildman–Crippen LogP) is 0.252. The van der Waals surface area contributed by atoms with Crippen molar-refractivity contribution in [1.29, 1.82) is 0 Å². The van der Waals surface area contributed by atoms with E-state index in [2.05, 4.69) is 0 Å². The summed E-state index contributed by atoms with van der Waals surface area (Å²) in [5.41, 5.74) is 0.686. The van der Waals surface area contributed by atoms with Gasteiger partial charge in [0.05, 0.1) is 18.2 Å². The minimum Gasteiger partial charge on any atom is -0.545 e. The standard InChI is InChI=1S/C9H14O3/c1-9(2)6-7(3-4-12-9)5-8(10)11/h5H,3-4,6H2,1-2H3,(H,10,11)/p-1/b7-5+. The molecule has 0 aromatic rings. The molecule has 1 heterocycles. The van der Waals surface area contributed by atoms with Crippen molar-refractivity contribution in [2.24, 2.45) is 0 Å². The average molecular weight is 169 g/mol. The van der Waals surface area contributed by atoms with Gasteiger partial charge in [-0.25, -0.2) is 0 Å². The molecule has 0 atom stereocenters. The lowest BCUT2D eigenvalue weighted by Gasteiger charge is -2.31. The highest BCUT2D eigenvalue weighted by Crippen LogP contribution is 2.27. The lowest BCUT2D eigenvalue weighted by atomic mass is 9.93. The van der Waals surface area contributed by atoms with Crippen molar-refractivity contribution in [2.75, 3.05) is 6.61 Å². The fourth-order valence-corrected chi connectivity index (χ4v) is 1.43. The highest BCUT2D eigenvalue weighted by Gasteiger charge is 2.24. The molecule has 1 fully saturated rings. The Kier molecular flexibility index (Phi) is 2.52. The molecule has 0 unspecified atom stereocenters. The van der Waals surface area contributed by atoms with Crippen molar-refractivity contribution >= 4 is 5.97 Å². The van der Waals surface area contributed by atoms with Gasteiger partial charge in [0, 0.05) is 0 Å². The smallest absolute Gasteiger partial charge is 0.0663 e. The molecular formula is C9H13O3-. The number of rotatable bonds is 1. The molecule has 1 saturated heterocycles. The van der Waals surface area contributed by atoms with Crippen LogP contribution in [-0.4, -0.2) is 18.2 Å². The molecule has 0 amide bonds. The van der Waals surface area contributed by atoms with Crippen LogP contribution in [0.2, 0.25) is 0 Å². The van der Waals surface area contributed by atoms with E-state index in [0.717, 1.165) is 5.57 Å². The first-order chi connectivity index (χ1) is 5.49. The van der Waals surface area contributed by atoms with Crippen LogP contribution in [-0.2, 0) is 9.53 Å². The molecule has 3 heteroatoms. The van der Waals surface area contributed by atoms with Gasteiger partial charge < -0.3 is 14.6 Å². The number of carbonyl (C=O) groups is 1. The summed E-state index contributed by atoms with van der Waals surface area (Å²) in [6.45, 7) is 4.51. The maximum Gasteiger partial charge on any atom is 0.0663 e. The first kappa shape index (κ1) is 9.26. The first-order valence-corrected chi connectivity index (χ1v) is 4.04. The zero-order valence-electron chi connectivity index (χ0n) is 7.42. The molecule has 0 bridgehead atoms.